The maximum absolute atomic E-state index is 12.8. The number of carbonyl (C=O) groups excluding carboxylic acids is 1. The van der Waals surface area contributed by atoms with Crippen molar-refractivity contribution in [3.8, 4) is 23.8 Å². The van der Waals surface area contributed by atoms with Crippen LogP contribution in [0.1, 0.15) is 12.5 Å². The molecule has 0 saturated heterocycles. The van der Waals surface area contributed by atoms with Crippen molar-refractivity contribution in [3.05, 3.63) is 58.1 Å². The predicted molar refractivity (Wildman–Crippen MR) is 110 cm³/mol. The number of amides is 1. The Morgan fingerprint density at radius 1 is 1.26 bits per heavy atom. The molecule has 136 valence electrons. The van der Waals surface area contributed by atoms with Gasteiger partial charge >= 0.3 is 0 Å². The van der Waals surface area contributed by atoms with Gasteiger partial charge in [-0.1, -0.05) is 40.0 Å². The summed E-state index contributed by atoms with van der Waals surface area (Å²) in [6.45, 7) is 1.95. The normalized spacial score (nSPS) is 14.9. The first-order valence-corrected chi connectivity index (χ1v) is 8.95. The predicted octanol–water partition coefficient (Wildman–Crippen LogP) is 4.28. The van der Waals surface area contributed by atoms with Gasteiger partial charge in [-0.3, -0.25) is 4.79 Å². The van der Waals surface area contributed by atoms with Gasteiger partial charge in [0.05, 0.1) is 24.1 Å². The summed E-state index contributed by atoms with van der Waals surface area (Å²) in [5, 5.41) is 5.79. The fraction of sp³-hybridized carbons (Fsp3) is 0.143. The van der Waals surface area contributed by atoms with E-state index in [-0.39, 0.29) is 12.5 Å². The molecule has 5 nitrogen and oxygen atoms in total. The number of terminal acetylenes is 1. The zero-order chi connectivity index (χ0) is 19.4. The van der Waals surface area contributed by atoms with Crippen molar-refractivity contribution in [2.24, 2.45) is 5.10 Å². The molecule has 1 heterocycles. The fourth-order valence-electron chi connectivity index (χ4n) is 2.64. The monoisotopic (exact) mass is 424 g/mol. The van der Waals surface area contributed by atoms with Crippen LogP contribution in [0.15, 0.2) is 57.6 Å². The largest absolute Gasteiger partial charge is 0.493 e. The molecule has 2 aromatic rings. The van der Waals surface area contributed by atoms with Crippen LogP contribution in [0.25, 0.3) is 6.08 Å². The zero-order valence-electron chi connectivity index (χ0n) is 14.9. The lowest BCUT2D eigenvalue weighted by Crippen LogP contribution is -2.21. The Labute approximate surface area is 166 Å². The summed E-state index contributed by atoms with van der Waals surface area (Å²) >= 11 is 3.51. The molecule has 0 aliphatic carbocycles. The molecule has 1 aliphatic heterocycles. The minimum atomic E-state index is -0.183. The molecule has 0 bridgehead atoms. The Bertz CT molecular complexity index is 975. The van der Waals surface area contributed by atoms with Crippen LogP contribution in [0.5, 0.6) is 11.5 Å². The summed E-state index contributed by atoms with van der Waals surface area (Å²) in [5.74, 6) is 3.29. The van der Waals surface area contributed by atoms with Crippen molar-refractivity contribution in [2.45, 2.75) is 6.92 Å². The molecule has 1 amide bonds. The van der Waals surface area contributed by atoms with E-state index in [0.29, 0.717) is 22.8 Å². The molecule has 1 aliphatic rings. The topological polar surface area (TPSA) is 51.1 Å². The number of hydrazone groups is 1. The Morgan fingerprint density at radius 3 is 2.67 bits per heavy atom. The fourth-order valence-corrected chi connectivity index (χ4v) is 3.07. The van der Waals surface area contributed by atoms with Crippen LogP contribution in [0.3, 0.4) is 0 Å². The van der Waals surface area contributed by atoms with Crippen molar-refractivity contribution in [1.82, 2.24) is 0 Å². The number of hydrogen-bond acceptors (Lipinski definition) is 4. The first kappa shape index (κ1) is 18.7. The van der Waals surface area contributed by atoms with Crippen LogP contribution in [0.2, 0.25) is 0 Å². The average Bonchev–Trinajstić information content (AvgIpc) is 2.96. The van der Waals surface area contributed by atoms with E-state index in [1.165, 1.54) is 5.01 Å². The lowest BCUT2D eigenvalue weighted by Gasteiger charge is -2.12. The standard InChI is InChI=1S/C21H17BrN2O3/c1-4-10-27-20-13-18(22)15(12-19(20)26-3)11-17-14(2)23-24(21(17)25)16-8-6-5-7-9-16/h1,5-9,11-13H,10H2,2-3H3/b17-11+. The third-order valence-corrected chi connectivity index (χ3v) is 4.64. The first-order chi connectivity index (χ1) is 13.0. The molecule has 0 unspecified atom stereocenters. The molecule has 0 radical (unpaired) electrons. The number of benzene rings is 2. The highest BCUT2D eigenvalue weighted by atomic mass is 79.9. The quantitative estimate of drug-likeness (QED) is 0.531. The number of nitrogens with zero attached hydrogens (tertiary/aromatic N) is 2. The van der Waals surface area contributed by atoms with Crippen molar-refractivity contribution in [3.63, 3.8) is 0 Å². The zero-order valence-corrected chi connectivity index (χ0v) is 16.5. The van der Waals surface area contributed by atoms with Gasteiger partial charge < -0.3 is 9.47 Å². The van der Waals surface area contributed by atoms with E-state index in [1.54, 1.807) is 25.3 Å². The second-order valence-corrected chi connectivity index (χ2v) is 6.57. The van der Waals surface area contributed by atoms with E-state index >= 15 is 0 Å². The van der Waals surface area contributed by atoms with Crippen molar-refractivity contribution < 1.29 is 14.3 Å². The molecule has 6 heteroatoms. The number of halogens is 1. The van der Waals surface area contributed by atoms with Gasteiger partial charge in [-0.2, -0.15) is 10.1 Å². The molecule has 3 rings (SSSR count). The molecule has 27 heavy (non-hydrogen) atoms. The van der Waals surface area contributed by atoms with Gasteiger partial charge in [-0.25, -0.2) is 0 Å². The van der Waals surface area contributed by atoms with Crippen LogP contribution >= 0.6 is 15.9 Å². The van der Waals surface area contributed by atoms with Crippen molar-refractivity contribution in [1.29, 1.82) is 0 Å². The number of ether oxygens (including phenoxy) is 2. The van der Waals surface area contributed by atoms with Crippen molar-refractivity contribution in [2.75, 3.05) is 18.7 Å². The Hall–Kier alpha value is -3.04. The highest BCUT2D eigenvalue weighted by Crippen LogP contribution is 2.35. The summed E-state index contributed by atoms with van der Waals surface area (Å²) in [4.78, 5) is 12.8. The summed E-state index contributed by atoms with van der Waals surface area (Å²) in [5.41, 5.74) is 2.65. The number of carbonyl (C=O) groups is 1. The molecule has 0 atom stereocenters. The van der Waals surface area contributed by atoms with E-state index in [4.69, 9.17) is 15.9 Å². The third kappa shape index (κ3) is 3.88. The van der Waals surface area contributed by atoms with Gasteiger partial charge in [-0.05, 0) is 42.8 Å². The molecule has 0 spiro atoms. The molecule has 0 N–H and O–H groups in total. The van der Waals surface area contributed by atoms with Crippen LogP contribution in [0.4, 0.5) is 5.69 Å². The number of anilines is 1. The van der Waals surface area contributed by atoms with E-state index in [9.17, 15) is 4.79 Å². The summed E-state index contributed by atoms with van der Waals surface area (Å²) in [6, 6.07) is 12.9. The second-order valence-electron chi connectivity index (χ2n) is 5.71. The summed E-state index contributed by atoms with van der Waals surface area (Å²) < 4.78 is 11.6. The van der Waals surface area contributed by atoms with Crippen LogP contribution in [-0.4, -0.2) is 25.3 Å². The number of methoxy groups -OCH3 is 1. The van der Waals surface area contributed by atoms with Gasteiger partial charge in [0.1, 0.15) is 6.61 Å². The molecular formula is C21H17BrN2O3. The van der Waals surface area contributed by atoms with Crippen molar-refractivity contribution >= 4 is 39.3 Å². The number of para-hydroxylation sites is 1. The molecule has 0 saturated carbocycles. The highest BCUT2D eigenvalue weighted by Gasteiger charge is 2.28. The Morgan fingerprint density at radius 2 is 2.00 bits per heavy atom. The van der Waals surface area contributed by atoms with Gasteiger partial charge in [-0.15, -0.1) is 6.42 Å². The minimum absolute atomic E-state index is 0.138. The lowest BCUT2D eigenvalue weighted by atomic mass is 10.1. The number of hydrogen-bond donors (Lipinski definition) is 0. The molecular weight excluding hydrogens is 408 g/mol. The van der Waals surface area contributed by atoms with Crippen LogP contribution in [-0.2, 0) is 4.79 Å². The molecule has 2 aromatic carbocycles. The maximum Gasteiger partial charge on any atom is 0.280 e. The van der Waals surface area contributed by atoms with E-state index in [2.05, 4.69) is 27.0 Å². The average molecular weight is 425 g/mol. The van der Waals surface area contributed by atoms with E-state index < -0.39 is 0 Å². The first-order valence-electron chi connectivity index (χ1n) is 8.15. The lowest BCUT2D eigenvalue weighted by molar-refractivity contribution is -0.114. The highest BCUT2D eigenvalue weighted by molar-refractivity contribution is 9.10. The molecule has 0 aromatic heterocycles. The van der Waals surface area contributed by atoms with Gasteiger partial charge in [0.25, 0.3) is 5.91 Å². The second kappa shape index (κ2) is 8.11. The van der Waals surface area contributed by atoms with E-state index in [1.807, 2.05) is 37.3 Å². The maximum atomic E-state index is 12.8. The minimum Gasteiger partial charge on any atom is -0.493 e. The SMILES string of the molecule is C#CCOc1cc(Br)c(/C=C2/C(=O)N(c3ccccc3)N=C2C)cc1OC. The summed E-state index contributed by atoms with van der Waals surface area (Å²) in [7, 11) is 1.55. The van der Waals surface area contributed by atoms with Gasteiger partial charge in [0.15, 0.2) is 11.5 Å². The Balaban J connectivity index is 1.96. The van der Waals surface area contributed by atoms with E-state index in [0.717, 1.165) is 15.7 Å². The Kier molecular flexibility index (Phi) is 5.63. The smallest absolute Gasteiger partial charge is 0.280 e. The molecule has 0 fully saturated rings. The summed E-state index contributed by atoms with van der Waals surface area (Å²) in [6.07, 6.45) is 7.02. The number of rotatable bonds is 5. The van der Waals surface area contributed by atoms with Gasteiger partial charge in [0, 0.05) is 4.47 Å². The van der Waals surface area contributed by atoms with Crippen LogP contribution in [0, 0.1) is 12.3 Å². The van der Waals surface area contributed by atoms with Gasteiger partial charge in [0.2, 0.25) is 0 Å². The van der Waals surface area contributed by atoms with Crippen LogP contribution < -0.4 is 14.5 Å². The third-order valence-electron chi connectivity index (χ3n) is 3.96.